The van der Waals surface area contributed by atoms with Gasteiger partial charge in [0, 0.05) is 25.1 Å². The molecule has 0 saturated carbocycles. The molecule has 32 heavy (non-hydrogen) atoms. The van der Waals surface area contributed by atoms with Gasteiger partial charge in [-0.05, 0) is 46.6 Å². The molecule has 1 saturated heterocycles. The summed E-state index contributed by atoms with van der Waals surface area (Å²) >= 11 is 0. The zero-order chi connectivity index (χ0) is 22.9. The van der Waals surface area contributed by atoms with Crippen LogP contribution in [0.4, 0.5) is 4.79 Å². The Morgan fingerprint density at radius 1 is 1.25 bits per heavy atom. The summed E-state index contributed by atoms with van der Waals surface area (Å²) in [5, 5.41) is 11.4. The zero-order valence-electron chi connectivity index (χ0n) is 19.2. The predicted octanol–water partition coefficient (Wildman–Crippen LogP) is 3.88. The second kappa shape index (κ2) is 9.03. The van der Waals surface area contributed by atoms with Crippen LogP contribution in [0.3, 0.4) is 0 Å². The van der Waals surface area contributed by atoms with Crippen LogP contribution < -0.4 is 0 Å². The number of rotatable bonds is 5. The van der Waals surface area contributed by atoms with Gasteiger partial charge in [-0.1, -0.05) is 18.2 Å². The Hall–Kier alpha value is -2.71. The number of piperidine rings is 1. The Labute approximate surface area is 188 Å². The lowest BCUT2D eigenvalue weighted by molar-refractivity contribution is -0.0109. The summed E-state index contributed by atoms with van der Waals surface area (Å²) in [5.41, 5.74) is 2.06. The lowest BCUT2D eigenvalue weighted by Crippen LogP contribution is -2.51. The van der Waals surface area contributed by atoms with Crippen molar-refractivity contribution >= 4 is 28.0 Å². The molecule has 2 unspecified atom stereocenters. The highest BCUT2D eigenvalue weighted by molar-refractivity contribution is 6.02. The smallest absolute Gasteiger partial charge is 0.410 e. The molecule has 2 aromatic heterocycles. The van der Waals surface area contributed by atoms with E-state index in [9.17, 15) is 9.90 Å². The van der Waals surface area contributed by atoms with Crippen LogP contribution in [0.2, 0.25) is 0 Å². The van der Waals surface area contributed by atoms with Gasteiger partial charge in [0.15, 0.2) is 0 Å². The van der Waals surface area contributed by atoms with E-state index in [4.69, 9.17) is 14.5 Å². The van der Waals surface area contributed by atoms with E-state index in [1.54, 1.807) is 11.1 Å². The minimum absolute atomic E-state index is 0.224. The molecule has 3 heterocycles. The number of aliphatic hydroxyl groups is 1. The summed E-state index contributed by atoms with van der Waals surface area (Å²) in [6.07, 6.45) is 2.00. The van der Waals surface area contributed by atoms with E-state index in [0.29, 0.717) is 39.1 Å². The van der Waals surface area contributed by atoms with Gasteiger partial charge in [-0.2, -0.15) is 0 Å². The molecule has 172 valence electrons. The third-order valence-corrected chi connectivity index (χ3v) is 5.70. The minimum atomic E-state index is -0.582. The van der Waals surface area contributed by atoms with E-state index in [2.05, 4.69) is 9.55 Å². The first kappa shape index (κ1) is 22.5. The molecule has 0 bridgehead atoms. The molecule has 1 aromatic carbocycles. The van der Waals surface area contributed by atoms with Gasteiger partial charge >= 0.3 is 6.09 Å². The molecule has 1 aliphatic heterocycles. The maximum Gasteiger partial charge on any atom is 0.410 e. The Morgan fingerprint density at radius 3 is 2.78 bits per heavy atom. The van der Waals surface area contributed by atoms with Gasteiger partial charge in [-0.25, -0.2) is 9.78 Å². The zero-order valence-corrected chi connectivity index (χ0v) is 19.2. The van der Waals surface area contributed by atoms with Crippen molar-refractivity contribution in [2.45, 2.75) is 71.4 Å². The summed E-state index contributed by atoms with van der Waals surface area (Å²) in [4.78, 5) is 24.0. The first-order chi connectivity index (χ1) is 15.3. The number of aromatic nitrogens is 3. The predicted molar refractivity (Wildman–Crippen MR) is 122 cm³/mol. The van der Waals surface area contributed by atoms with Crippen molar-refractivity contribution in [3.05, 3.63) is 36.3 Å². The number of pyridine rings is 1. The molecule has 0 aliphatic carbocycles. The molecule has 1 amide bonds. The third kappa shape index (κ3) is 4.71. The summed E-state index contributed by atoms with van der Waals surface area (Å²) in [6.45, 7) is 9.42. The maximum atomic E-state index is 13.0. The summed E-state index contributed by atoms with van der Waals surface area (Å²) in [6, 6.07) is 7.74. The second-order valence-electron chi connectivity index (χ2n) is 9.29. The van der Waals surface area contributed by atoms with Crippen molar-refractivity contribution < 1.29 is 19.4 Å². The molecule has 1 aliphatic rings. The van der Waals surface area contributed by atoms with Crippen molar-refractivity contribution in [1.82, 2.24) is 19.4 Å². The highest BCUT2D eigenvalue weighted by atomic mass is 16.6. The standard InChI is InChI=1S/C24H32N4O4/c1-5-31-15-21-26-20-13-25-19-9-7-6-8-18(19)22(20)28(21)14-16-12-17(29)10-11-27(16)23(30)32-24(2,3)4/h6-9,13,16-17,29H,5,10-12,14-15H2,1-4H3. The van der Waals surface area contributed by atoms with E-state index in [1.165, 1.54) is 0 Å². The number of carbonyl (C=O) groups excluding carboxylic acids is 1. The van der Waals surface area contributed by atoms with Crippen LogP contribution in [0.1, 0.15) is 46.4 Å². The molecule has 2 atom stereocenters. The first-order valence-corrected chi connectivity index (χ1v) is 11.2. The molecule has 1 N–H and O–H groups in total. The van der Waals surface area contributed by atoms with Gasteiger partial charge in [0.2, 0.25) is 0 Å². The quantitative estimate of drug-likeness (QED) is 0.648. The topological polar surface area (TPSA) is 89.7 Å². The Kier molecular flexibility index (Phi) is 6.35. The maximum absolute atomic E-state index is 13.0. The number of imidazole rings is 1. The number of amides is 1. The van der Waals surface area contributed by atoms with Crippen molar-refractivity contribution in [3.8, 4) is 0 Å². The summed E-state index contributed by atoms with van der Waals surface area (Å²) < 4.78 is 13.5. The van der Waals surface area contributed by atoms with Crippen molar-refractivity contribution in [3.63, 3.8) is 0 Å². The van der Waals surface area contributed by atoms with Crippen molar-refractivity contribution in [2.75, 3.05) is 13.2 Å². The first-order valence-electron chi connectivity index (χ1n) is 11.2. The monoisotopic (exact) mass is 440 g/mol. The van der Waals surface area contributed by atoms with Crippen LogP contribution in [-0.4, -0.2) is 61.5 Å². The van der Waals surface area contributed by atoms with Gasteiger partial charge in [0.05, 0.1) is 29.4 Å². The number of ether oxygens (including phenoxy) is 2. The molecule has 8 nitrogen and oxygen atoms in total. The molecule has 3 aromatic rings. The van der Waals surface area contributed by atoms with Crippen molar-refractivity contribution in [2.24, 2.45) is 0 Å². The number of hydrogen-bond donors (Lipinski definition) is 1. The molecular formula is C24H32N4O4. The lowest BCUT2D eigenvalue weighted by atomic mass is 9.99. The van der Waals surface area contributed by atoms with Gasteiger partial charge < -0.3 is 24.0 Å². The van der Waals surface area contributed by atoms with Crippen LogP contribution in [-0.2, 0) is 22.6 Å². The number of benzene rings is 1. The van der Waals surface area contributed by atoms with Crippen LogP contribution >= 0.6 is 0 Å². The molecular weight excluding hydrogens is 408 g/mol. The average molecular weight is 441 g/mol. The molecule has 0 radical (unpaired) electrons. The van der Waals surface area contributed by atoms with E-state index in [1.807, 2.05) is 52.0 Å². The SMILES string of the molecule is CCOCc1nc2cnc3ccccc3c2n1CC1CC(O)CCN1C(=O)OC(C)(C)C. The summed E-state index contributed by atoms with van der Waals surface area (Å²) in [7, 11) is 0. The van der Waals surface area contributed by atoms with Gasteiger partial charge in [0.1, 0.15) is 23.5 Å². The number of carbonyl (C=O) groups is 1. The van der Waals surface area contributed by atoms with E-state index in [0.717, 1.165) is 27.8 Å². The van der Waals surface area contributed by atoms with Crippen LogP contribution in [0.25, 0.3) is 21.9 Å². The molecule has 1 fully saturated rings. The number of fused-ring (bicyclic) bond motifs is 3. The minimum Gasteiger partial charge on any atom is -0.444 e. The van der Waals surface area contributed by atoms with Crippen LogP contribution in [0, 0.1) is 0 Å². The molecule has 8 heteroatoms. The largest absolute Gasteiger partial charge is 0.444 e. The number of aliphatic hydroxyl groups excluding tert-OH is 1. The Morgan fingerprint density at radius 2 is 2.03 bits per heavy atom. The lowest BCUT2D eigenvalue weighted by Gasteiger charge is -2.39. The van der Waals surface area contributed by atoms with Gasteiger partial charge in [-0.15, -0.1) is 0 Å². The summed E-state index contributed by atoms with van der Waals surface area (Å²) in [5.74, 6) is 0.782. The van der Waals surface area contributed by atoms with Crippen LogP contribution in [0.15, 0.2) is 30.5 Å². The highest BCUT2D eigenvalue weighted by Crippen LogP contribution is 2.28. The van der Waals surface area contributed by atoms with E-state index in [-0.39, 0.29) is 12.1 Å². The Balaban J connectivity index is 1.76. The van der Waals surface area contributed by atoms with Gasteiger partial charge in [0.25, 0.3) is 0 Å². The van der Waals surface area contributed by atoms with Gasteiger partial charge in [-0.3, -0.25) is 4.98 Å². The fourth-order valence-electron chi connectivity index (χ4n) is 4.29. The van der Waals surface area contributed by atoms with Crippen LogP contribution in [0.5, 0.6) is 0 Å². The van der Waals surface area contributed by atoms with Crippen molar-refractivity contribution in [1.29, 1.82) is 0 Å². The second-order valence-corrected chi connectivity index (χ2v) is 9.29. The van der Waals surface area contributed by atoms with E-state index < -0.39 is 11.7 Å². The molecule has 4 rings (SSSR count). The average Bonchev–Trinajstić information content (AvgIpc) is 3.08. The Bertz CT molecular complexity index is 1100. The molecule has 0 spiro atoms. The number of hydrogen-bond acceptors (Lipinski definition) is 6. The highest BCUT2D eigenvalue weighted by Gasteiger charge is 2.34. The number of para-hydroxylation sites is 1. The number of nitrogens with zero attached hydrogens (tertiary/aromatic N) is 4. The fraction of sp³-hybridized carbons (Fsp3) is 0.542. The third-order valence-electron chi connectivity index (χ3n) is 5.70. The van der Waals surface area contributed by atoms with E-state index >= 15 is 0 Å². The fourth-order valence-corrected chi connectivity index (χ4v) is 4.29. The number of likely N-dealkylation sites (tertiary alicyclic amines) is 1. The normalized spacial score (nSPS) is 19.6.